The Morgan fingerprint density at radius 3 is 1.17 bits per heavy atom. The molecule has 2 atom stereocenters. The molecule has 0 aromatic heterocycles. The smallest absolute Gasteiger partial charge is 0.124 e. The molecule has 0 saturated carbocycles. The van der Waals surface area contributed by atoms with Crippen molar-refractivity contribution in [1.82, 2.24) is 0 Å². The Balaban J connectivity index is -0.000000233. The van der Waals surface area contributed by atoms with E-state index in [0.29, 0.717) is 0 Å². The molecule has 0 rings (SSSR count). The second kappa shape index (κ2) is 16.5. The molecular formula is C8H20N2O6S2. The number of carbonyl (C=O) groups is 2. The van der Waals surface area contributed by atoms with Crippen LogP contribution in [0.2, 0.25) is 0 Å². The largest absolute Gasteiger partial charge is 0.547 e. The molecule has 18 heavy (non-hydrogen) atoms. The summed E-state index contributed by atoms with van der Waals surface area (Å²) in [5.41, 5.74) is 7.06. The Morgan fingerprint density at radius 1 is 0.944 bits per heavy atom. The predicted molar refractivity (Wildman–Crippen MR) is 65.2 cm³/mol. The summed E-state index contributed by atoms with van der Waals surface area (Å²) in [6.45, 7) is 1.87. The van der Waals surface area contributed by atoms with Gasteiger partial charge in [-0.3, -0.25) is 0 Å². The third kappa shape index (κ3) is 17.9. The first-order valence-electron chi connectivity index (χ1n) is 4.88. The lowest BCUT2D eigenvalue weighted by Gasteiger charge is -2.18. The fourth-order valence-corrected chi connectivity index (χ4v) is 0.258. The number of rotatable bonds is 5. The highest BCUT2D eigenvalue weighted by atomic mass is 32.1. The molecule has 2 unspecified atom stereocenters. The lowest BCUT2D eigenvalue weighted by molar-refractivity contribution is -0.360. The summed E-state index contributed by atoms with van der Waals surface area (Å²) < 4.78 is 0. The summed E-state index contributed by atoms with van der Waals surface area (Å²) in [6.07, 6.45) is -4.88. The highest BCUT2D eigenvalue weighted by Gasteiger charge is 2.17. The van der Waals surface area contributed by atoms with Crippen LogP contribution in [0.15, 0.2) is 0 Å². The number of quaternary nitrogens is 2. The maximum atomic E-state index is 9.63. The van der Waals surface area contributed by atoms with Crippen molar-refractivity contribution in [3.8, 4) is 0 Å². The number of aliphatic hydroxyl groups is 2. The van der Waals surface area contributed by atoms with Crippen LogP contribution in [-0.2, 0) is 9.59 Å². The van der Waals surface area contributed by atoms with E-state index in [0.717, 1.165) is 24.6 Å². The van der Waals surface area contributed by atoms with E-state index in [9.17, 15) is 19.8 Å². The van der Waals surface area contributed by atoms with Crippen LogP contribution in [0.5, 0.6) is 0 Å². The van der Waals surface area contributed by atoms with Gasteiger partial charge in [0.25, 0.3) is 0 Å². The molecule has 0 bridgehead atoms. The van der Waals surface area contributed by atoms with E-state index in [4.69, 9.17) is 10.2 Å². The van der Waals surface area contributed by atoms with Crippen molar-refractivity contribution in [2.24, 2.45) is 0 Å². The topological polar surface area (TPSA) is 176 Å². The lowest BCUT2D eigenvalue weighted by atomic mass is 10.2. The molecule has 0 fully saturated rings. The van der Waals surface area contributed by atoms with Crippen molar-refractivity contribution >= 4 is 37.2 Å². The lowest BCUT2D eigenvalue weighted by Crippen LogP contribution is -2.51. The Kier molecular flexibility index (Phi) is 20.7. The molecule has 0 saturated heterocycles. The van der Waals surface area contributed by atoms with Crippen molar-refractivity contribution in [1.29, 1.82) is 0 Å². The van der Waals surface area contributed by atoms with E-state index in [1.165, 1.54) is 0 Å². The predicted octanol–water partition coefficient (Wildman–Crippen LogP) is -6.48. The molecular weight excluding hydrogens is 284 g/mol. The zero-order valence-electron chi connectivity index (χ0n) is 9.82. The van der Waals surface area contributed by atoms with E-state index in [2.05, 4.69) is 36.7 Å². The van der Waals surface area contributed by atoms with Gasteiger partial charge in [0, 0.05) is 11.5 Å². The molecule has 0 aliphatic heterocycles. The van der Waals surface area contributed by atoms with Crippen LogP contribution in [0.25, 0.3) is 0 Å². The minimum atomic E-state index is -2.44. The van der Waals surface area contributed by atoms with Gasteiger partial charge in [-0.05, 0) is 0 Å². The van der Waals surface area contributed by atoms with Crippen LogP contribution in [0.3, 0.4) is 0 Å². The summed E-state index contributed by atoms with van der Waals surface area (Å²) in [5, 5.41) is 35.7. The Bertz CT molecular complexity index is 194. The van der Waals surface area contributed by atoms with Crippen LogP contribution in [0.4, 0.5) is 0 Å². The maximum Gasteiger partial charge on any atom is 0.124 e. The van der Waals surface area contributed by atoms with E-state index < -0.39 is 24.1 Å². The minimum Gasteiger partial charge on any atom is -0.547 e. The van der Waals surface area contributed by atoms with Gasteiger partial charge in [0.15, 0.2) is 0 Å². The van der Waals surface area contributed by atoms with Crippen LogP contribution in [0.1, 0.15) is 0 Å². The molecule has 0 aromatic carbocycles. The summed E-state index contributed by atoms with van der Waals surface area (Å²) >= 11 is 7.72. The van der Waals surface area contributed by atoms with Gasteiger partial charge in [0.05, 0.1) is 25.0 Å². The number of carbonyl (C=O) groups excluding carboxylic acids is 2. The van der Waals surface area contributed by atoms with Crippen molar-refractivity contribution < 1.29 is 41.5 Å². The molecule has 0 radical (unpaired) electrons. The third-order valence-corrected chi connectivity index (χ3v) is 1.73. The number of thiol groups is 2. The van der Waals surface area contributed by atoms with Gasteiger partial charge in [-0.2, -0.15) is 25.3 Å². The summed E-state index contributed by atoms with van der Waals surface area (Å²) in [6, 6.07) is 0. The second-order valence-corrected chi connectivity index (χ2v) is 3.58. The van der Waals surface area contributed by atoms with Gasteiger partial charge < -0.3 is 41.5 Å². The van der Waals surface area contributed by atoms with E-state index in [-0.39, 0.29) is 0 Å². The van der Waals surface area contributed by atoms with Crippen molar-refractivity contribution in [3.05, 3.63) is 0 Å². The Morgan fingerprint density at radius 2 is 1.11 bits per heavy atom. The van der Waals surface area contributed by atoms with Crippen molar-refractivity contribution in [2.75, 3.05) is 24.6 Å². The fourth-order valence-electron chi connectivity index (χ4n) is 0.258. The van der Waals surface area contributed by atoms with Gasteiger partial charge >= 0.3 is 0 Å². The van der Waals surface area contributed by atoms with E-state index in [1.54, 1.807) is 0 Å². The second-order valence-electron chi connectivity index (χ2n) is 2.68. The molecule has 10 heteroatoms. The number of hydrogen-bond donors (Lipinski definition) is 6. The van der Waals surface area contributed by atoms with Crippen molar-refractivity contribution in [3.63, 3.8) is 0 Å². The first-order chi connectivity index (χ1) is 8.29. The minimum absolute atomic E-state index is 0.903. The SMILES string of the molecule is O=C([O-])C(O)C(O)C(=O)[O-].[NH3+]CCS.[NH3+]CCS. The highest BCUT2D eigenvalue weighted by molar-refractivity contribution is 7.80. The van der Waals surface area contributed by atoms with Crippen molar-refractivity contribution in [2.45, 2.75) is 12.2 Å². The van der Waals surface area contributed by atoms with Gasteiger partial charge in [-0.1, -0.05) is 0 Å². The standard InChI is InChI=1S/C4H6O6.2C2H7NS/c5-1(3(7)8)2(6)4(9)10;2*3-1-2-4/h1-2,5-6H,(H,7,8)(H,9,10);2*4H,1-3H2. The van der Waals surface area contributed by atoms with Crippen LogP contribution >= 0.6 is 25.3 Å². The molecule has 0 amide bonds. The van der Waals surface area contributed by atoms with Crippen LogP contribution in [-0.4, -0.2) is 59.0 Å². The third-order valence-electron chi connectivity index (χ3n) is 1.10. The summed E-state index contributed by atoms with van der Waals surface area (Å²) in [4.78, 5) is 19.3. The molecule has 0 aromatic rings. The quantitative estimate of drug-likeness (QED) is 0.275. The number of aliphatic carboxylic acids is 2. The fraction of sp³-hybridized carbons (Fsp3) is 0.750. The molecule has 0 heterocycles. The average molecular weight is 304 g/mol. The van der Waals surface area contributed by atoms with Gasteiger partial charge in [0.1, 0.15) is 12.2 Å². The highest BCUT2D eigenvalue weighted by Crippen LogP contribution is 1.88. The van der Waals surface area contributed by atoms with E-state index >= 15 is 0 Å². The first kappa shape index (κ1) is 22.6. The summed E-state index contributed by atoms with van der Waals surface area (Å²) in [7, 11) is 0. The molecule has 110 valence electrons. The summed E-state index contributed by atoms with van der Waals surface area (Å²) in [5.74, 6) is -2.31. The molecule has 8 N–H and O–H groups in total. The number of carboxylic acids is 2. The number of aliphatic hydroxyl groups excluding tert-OH is 2. The Hall–Kier alpha value is -0.520. The van der Waals surface area contributed by atoms with Crippen LogP contribution in [0, 0.1) is 0 Å². The Labute approximate surface area is 116 Å². The van der Waals surface area contributed by atoms with Gasteiger partial charge in [-0.25, -0.2) is 0 Å². The average Bonchev–Trinajstić information content (AvgIpc) is 2.37. The maximum absolute atomic E-state index is 9.63. The zero-order chi connectivity index (χ0) is 15.1. The monoisotopic (exact) mass is 304 g/mol. The van der Waals surface area contributed by atoms with Crippen LogP contribution < -0.4 is 21.7 Å². The first-order valence-corrected chi connectivity index (χ1v) is 6.14. The molecule has 0 spiro atoms. The number of carboxylic acid groups (broad SMARTS) is 2. The van der Waals surface area contributed by atoms with E-state index in [1.807, 2.05) is 0 Å². The zero-order valence-corrected chi connectivity index (χ0v) is 11.6. The molecule has 0 aliphatic carbocycles. The van der Waals surface area contributed by atoms with Gasteiger partial charge in [0.2, 0.25) is 0 Å². The molecule has 8 nitrogen and oxygen atoms in total. The normalized spacial score (nSPS) is 12.1. The van der Waals surface area contributed by atoms with Gasteiger partial charge in [-0.15, -0.1) is 0 Å². The number of hydrogen-bond acceptors (Lipinski definition) is 8. The molecule has 0 aliphatic rings.